The van der Waals surface area contributed by atoms with E-state index in [0.717, 1.165) is 12.0 Å². The van der Waals surface area contributed by atoms with Crippen molar-refractivity contribution in [3.63, 3.8) is 0 Å². The summed E-state index contributed by atoms with van der Waals surface area (Å²) in [6.45, 7) is 0.883. The molecule has 26 heavy (non-hydrogen) atoms. The second-order valence-corrected chi connectivity index (χ2v) is 6.00. The van der Waals surface area contributed by atoms with Crippen LogP contribution in [0.15, 0.2) is 67.1 Å². The van der Waals surface area contributed by atoms with Crippen molar-refractivity contribution in [2.45, 2.75) is 6.42 Å². The largest absolute Gasteiger partial charge is 0.488 e. The number of carbonyl (C=O) groups is 1. The summed E-state index contributed by atoms with van der Waals surface area (Å²) in [5.41, 5.74) is 2.90. The zero-order chi connectivity index (χ0) is 17.8. The van der Waals surface area contributed by atoms with Crippen molar-refractivity contribution < 1.29 is 9.53 Å². The molecule has 2 aromatic heterocycles. The van der Waals surface area contributed by atoms with Crippen LogP contribution in [0, 0.1) is 0 Å². The molecule has 0 saturated carbocycles. The van der Waals surface area contributed by atoms with E-state index in [9.17, 15) is 4.79 Å². The van der Waals surface area contributed by atoms with Gasteiger partial charge in [0.05, 0.1) is 18.4 Å². The monoisotopic (exact) mass is 346 g/mol. The quantitative estimate of drug-likeness (QED) is 0.788. The fraction of sp³-hybridized carbons (Fsp3) is 0.150. The van der Waals surface area contributed by atoms with Gasteiger partial charge in [0.25, 0.3) is 0 Å². The molecule has 0 unspecified atom stereocenters. The number of hydrogen-bond donors (Lipinski definition) is 1. The van der Waals surface area contributed by atoms with Crippen LogP contribution in [0.2, 0.25) is 0 Å². The molecule has 0 bridgehead atoms. The number of nitrogens with zero attached hydrogens (tertiary/aromatic N) is 3. The summed E-state index contributed by atoms with van der Waals surface area (Å²) in [6, 6.07) is 15.5. The molecule has 3 heterocycles. The summed E-state index contributed by atoms with van der Waals surface area (Å²) in [7, 11) is 0. The number of pyridine rings is 2. The van der Waals surface area contributed by atoms with E-state index in [0.29, 0.717) is 30.4 Å². The van der Waals surface area contributed by atoms with Gasteiger partial charge in [0.2, 0.25) is 0 Å². The fourth-order valence-electron chi connectivity index (χ4n) is 2.89. The van der Waals surface area contributed by atoms with Crippen LogP contribution >= 0.6 is 0 Å². The Morgan fingerprint density at radius 1 is 1.12 bits per heavy atom. The molecule has 0 radical (unpaired) electrons. The molecule has 6 nitrogen and oxygen atoms in total. The summed E-state index contributed by atoms with van der Waals surface area (Å²) in [5, 5.41) is 2.84. The SMILES string of the molecule is O=C(Nc1cccnc1)N1CCOc2cc(Cc3ccccc3)cnc21. The number of aromatic nitrogens is 2. The van der Waals surface area contributed by atoms with Crippen LogP contribution in [-0.2, 0) is 6.42 Å². The minimum atomic E-state index is -0.245. The van der Waals surface area contributed by atoms with Gasteiger partial charge in [-0.3, -0.25) is 9.88 Å². The van der Waals surface area contributed by atoms with E-state index in [1.165, 1.54) is 5.56 Å². The van der Waals surface area contributed by atoms with E-state index >= 15 is 0 Å². The molecule has 1 aliphatic rings. The summed E-state index contributed by atoms with van der Waals surface area (Å²) < 4.78 is 5.74. The molecule has 4 rings (SSSR count). The van der Waals surface area contributed by atoms with E-state index < -0.39 is 0 Å². The van der Waals surface area contributed by atoms with Gasteiger partial charge in [-0.25, -0.2) is 9.78 Å². The number of carbonyl (C=O) groups excluding carboxylic acids is 1. The van der Waals surface area contributed by atoms with Gasteiger partial charge >= 0.3 is 6.03 Å². The number of ether oxygens (including phenoxy) is 1. The lowest BCUT2D eigenvalue weighted by Crippen LogP contribution is -2.41. The number of benzene rings is 1. The maximum absolute atomic E-state index is 12.6. The Balaban J connectivity index is 1.53. The molecule has 0 saturated heterocycles. The standard InChI is InChI=1S/C20H18N4O2/c25-20(23-17-7-4-8-21-14-17)24-9-10-26-18-12-16(13-22-19(18)24)11-15-5-2-1-3-6-15/h1-8,12-14H,9-11H2,(H,23,25). The number of fused-ring (bicyclic) bond motifs is 1. The normalized spacial score (nSPS) is 12.8. The molecule has 1 aromatic carbocycles. The van der Waals surface area contributed by atoms with Crippen molar-refractivity contribution in [2.24, 2.45) is 0 Å². The summed E-state index contributed by atoms with van der Waals surface area (Å²) in [5.74, 6) is 1.17. The van der Waals surface area contributed by atoms with Crippen molar-refractivity contribution >= 4 is 17.5 Å². The highest BCUT2D eigenvalue weighted by Gasteiger charge is 2.25. The lowest BCUT2D eigenvalue weighted by molar-refractivity contribution is 0.249. The average Bonchev–Trinajstić information content (AvgIpc) is 2.69. The summed E-state index contributed by atoms with van der Waals surface area (Å²) in [6.07, 6.45) is 5.84. The van der Waals surface area contributed by atoms with Crippen molar-refractivity contribution in [2.75, 3.05) is 23.4 Å². The lowest BCUT2D eigenvalue weighted by Gasteiger charge is -2.28. The second-order valence-electron chi connectivity index (χ2n) is 6.00. The Bertz CT molecular complexity index is 900. The molecule has 6 heteroatoms. The van der Waals surface area contributed by atoms with Crippen molar-refractivity contribution in [3.05, 3.63) is 78.2 Å². The zero-order valence-electron chi connectivity index (χ0n) is 14.1. The lowest BCUT2D eigenvalue weighted by atomic mass is 10.1. The first-order valence-electron chi connectivity index (χ1n) is 8.44. The van der Waals surface area contributed by atoms with Crippen LogP contribution in [-0.4, -0.2) is 29.2 Å². The zero-order valence-corrected chi connectivity index (χ0v) is 14.1. The smallest absolute Gasteiger partial charge is 0.327 e. The van der Waals surface area contributed by atoms with Crippen LogP contribution in [0.1, 0.15) is 11.1 Å². The molecule has 2 amide bonds. The number of amides is 2. The van der Waals surface area contributed by atoms with E-state index in [2.05, 4.69) is 27.4 Å². The minimum absolute atomic E-state index is 0.245. The van der Waals surface area contributed by atoms with Crippen molar-refractivity contribution in [1.82, 2.24) is 9.97 Å². The van der Waals surface area contributed by atoms with Gasteiger partial charge in [0, 0.05) is 12.4 Å². The predicted octanol–water partition coefficient (Wildman–Crippen LogP) is 3.50. The fourth-order valence-corrected chi connectivity index (χ4v) is 2.89. The maximum Gasteiger partial charge on any atom is 0.327 e. The van der Waals surface area contributed by atoms with E-state index in [-0.39, 0.29) is 6.03 Å². The van der Waals surface area contributed by atoms with Gasteiger partial charge in [-0.05, 0) is 35.7 Å². The van der Waals surface area contributed by atoms with E-state index in [1.807, 2.05) is 24.3 Å². The number of hydrogen-bond acceptors (Lipinski definition) is 4. The Morgan fingerprint density at radius 2 is 2.00 bits per heavy atom. The minimum Gasteiger partial charge on any atom is -0.488 e. The first-order valence-corrected chi connectivity index (χ1v) is 8.44. The van der Waals surface area contributed by atoms with Crippen LogP contribution < -0.4 is 15.0 Å². The molecule has 0 fully saturated rings. The molecular formula is C20H18N4O2. The van der Waals surface area contributed by atoms with Gasteiger partial charge in [0.1, 0.15) is 6.61 Å². The second kappa shape index (κ2) is 7.23. The molecule has 3 aromatic rings. The van der Waals surface area contributed by atoms with Crippen LogP contribution in [0.5, 0.6) is 5.75 Å². The van der Waals surface area contributed by atoms with Gasteiger partial charge in [-0.1, -0.05) is 30.3 Å². The summed E-state index contributed by atoms with van der Waals surface area (Å²) >= 11 is 0. The Kier molecular flexibility index (Phi) is 4.47. The highest BCUT2D eigenvalue weighted by molar-refractivity contribution is 6.02. The number of anilines is 2. The summed E-state index contributed by atoms with van der Waals surface area (Å²) in [4.78, 5) is 22.7. The van der Waals surface area contributed by atoms with Crippen molar-refractivity contribution in [3.8, 4) is 5.75 Å². The van der Waals surface area contributed by atoms with E-state index in [1.54, 1.807) is 35.6 Å². The molecule has 0 atom stereocenters. The van der Waals surface area contributed by atoms with Crippen molar-refractivity contribution in [1.29, 1.82) is 0 Å². The third-order valence-corrected chi connectivity index (χ3v) is 4.13. The third kappa shape index (κ3) is 3.49. The molecular weight excluding hydrogens is 328 g/mol. The average molecular weight is 346 g/mol. The highest BCUT2D eigenvalue weighted by atomic mass is 16.5. The molecule has 1 aliphatic heterocycles. The Morgan fingerprint density at radius 3 is 2.81 bits per heavy atom. The first-order chi connectivity index (χ1) is 12.8. The Labute approximate surface area is 151 Å². The van der Waals surface area contributed by atoms with E-state index in [4.69, 9.17) is 4.74 Å². The van der Waals surface area contributed by atoms with Crippen LogP contribution in [0.4, 0.5) is 16.3 Å². The highest BCUT2D eigenvalue weighted by Crippen LogP contribution is 2.31. The van der Waals surface area contributed by atoms with Crippen LogP contribution in [0.25, 0.3) is 0 Å². The molecule has 1 N–H and O–H groups in total. The van der Waals surface area contributed by atoms with Gasteiger partial charge < -0.3 is 10.1 Å². The van der Waals surface area contributed by atoms with Gasteiger partial charge in [-0.15, -0.1) is 0 Å². The predicted molar refractivity (Wildman–Crippen MR) is 99.6 cm³/mol. The number of urea groups is 1. The number of rotatable bonds is 3. The molecule has 0 aliphatic carbocycles. The van der Waals surface area contributed by atoms with Gasteiger partial charge in [0.15, 0.2) is 11.6 Å². The topological polar surface area (TPSA) is 67.4 Å². The maximum atomic E-state index is 12.6. The third-order valence-electron chi connectivity index (χ3n) is 4.13. The number of nitrogens with one attached hydrogen (secondary N) is 1. The Hall–Kier alpha value is -3.41. The molecule has 0 spiro atoms. The van der Waals surface area contributed by atoms with Crippen LogP contribution in [0.3, 0.4) is 0 Å². The molecule has 130 valence electrons. The first kappa shape index (κ1) is 16.1. The van der Waals surface area contributed by atoms with Gasteiger partial charge in [-0.2, -0.15) is 0 Å².